The number of methoxy groups -OCH3 is 1. The van der Waals surface area contributed by atoms with E-state index >= 15 is 0 Å². The summed E-state index contributed by atoms with van der Waals surface area (Å²) in [6.07, 6.45) is 1.70. The van der Waals surface area contributed by atoms with Crippen molar-refractivity contribution in [3.8, 4) is 17.1 Å². The molecule has 3 aromatic rings. The lowest BCUT2D eigenvalue weighted by molar-refractivity contribution is -0.119. The van der Waals surface area contributed by atoms with Gasteiger partial charge in [-0.15, -0.1) is 0 Å². The Morgan fingerprint density at radius 1 is 1.00 bits per heavy atom. The van der Waals surface area contributed by atoms with Gasteiger partial charge in [0.1, 0.15) is 17.4 Å². The molecule has 2 amide bonds. The number of nitrogens with one attached hydrogen (secondary N) is 3. The van der Waals surface area contributed by atoms with Crippen LogP contribution in [0, 0.1) is 0 Å². The van der Waals surface area contributed by atoms with E-state index in [9.17, 15) is 14.7 Å². The minimum Gasteiger partial charge on any atom is -0.497 e. The molecule has 0 saturated carbocycles. The lowest BCUT2D eigenvalue weighted by atomic mass is 9.85. The molecule has 0 spiro atoms. The van der Waals surface area contributed by atoms with Crippen LogP contribution in [0.2, 0.25) is 0 Å². The largest absolute Gasteiger partial charge is 0.497 e. The van der Waals surface area contributed by atoms with E-state index in [0.717, 1.165) is 16.9 Å². The van der Waals surface area contributed by atoms with Gasteiger partial charge in [0.2, 0.25) is 11.8 Å². The van der Waals surface area contributed by atoms with Gasteiger partial charge >= 0.3 is 0 Å². The van der Waals surface area contributed by atoms with E-state index in [1.807, 2.05) is 59.5 Å². The molecule has 0 atom stereocenters. The summed E-state index contributed by atoms with van der Waals surface area (Å²) in [6, 6.07) is 19.0. The number of nitrogens with zero attached hydrogens (tertiary/aromatic N) is 3. The molecule has 1 saturated heterocycles. The van der Waals surface area contributed by atoms with E-state index in [4.69, 9.17) is 4.74 Å². The first kappa shape index (κ1) is 28.0. The summed E-state index contributed by atoms with van der Waals surface area (Å²) in [5.41, 5.74) is 1.04. The Bertz CT molecular complexity index is 1260. The number of carbonyl (C=O) groups is 2. The van der Waals surface area contributed by atoms with Crippen molar-refractivity contribution >= 4 is 23.5 Å². The Labute approximate surface area is 228 Å². The Morgan fingerprint density at radius 2 is 1.74 bits per heavy atom. The Kier molecular flexibility index (Phi) is 9.45. The van der Waals surface area contributed by atoms with Gasteiger partial charge in [0.05, 0.1) is 19.3 Å². The van der Waals surface area contributed by atoms with Crippen LogP contribution in [-0.2, 0) is 16.0 Å². The van der Waals surface area contributed by atoms with Gasteiger partial charge in [-0.1, -0.05) is 42.5 Å². The maximum Gasteiger partial charge on any atom is 0.239 e. The van der Waals surface area contributed by atoms with Crippen molar-refractivity contribution in [3.05, 3.63) is 66.2 Å². The molecule has 1 aromatic heterocycles. The van der Waals surface area contributed by atoms with E-state index in [1.165, 1.54) is 6.92 Å². The highest BCUT2D eigenvalue weighted by Crippen LogP contribution is 2.28. The summed E-state index contributed by atoms with van der Waals surface area (Å²) >= 11 is 0. The second-order valence-electron chi connectivity index (χ2n) is 9.81. The van der Waals surface area contributed by atoms with Crippen molar-refractivity contribution in [2.75, 3.05) is 50.5 Å². The molecule has 10 nitrogen and oxygen atoms in total. The molecule has 0 radical (unpaired) electrons. The molecule has 206 valence electrons. The number of rotatable bonds is 11. The molecule has 0 unspecified atom stereocenters. The lowest BCUT2D eigenvalue weighted by Crippen LogP contribution is -2.47. The Hall–Kier alpha value is -4.02. The number of benzene rings is 2. The van der Waals surface area contributed by atoms with Gasteiger partial charge in [-0.3, -0.25) is 14.5 Å². The van der Waals surface area contributed by atoms with Gasteiger partial charge in [-0.25, -0.2) is 9.97 Å². The van der Waals surface area contributed by atoms with Crippen LogP contribution in [0.15, 0.2) is 60.7 Å². The summed E-state index contributed by atoms with van der Waals surface area (Å²) in [6.45, 7) is 3.82. The van der Waals surface area contributed by atoms with Crippen molar-refractivity contribution in [3.63, 3.8) is 0 Å². The second-order valence-corrected chi connectivity index (χ2v) is 9.81. The van der Waals surface area contributed by atoms with Crippen molar-refractivity contribution in [2.24, 2.45) is 0 Å². The number of amides is 2. The summed E-state index contributed by atoms with van der Waals surface area (Å²) in [4.78, 5) is 35.3. The third-order valence-corrected chi connectivity index (χ3v) is 6.65. The topological polar surface area (TPSA) is 129 Å². The summed E-state index contributed by atoms with van der Waals surface area (Å²) in [5, 5.41) is 20.0. The number of anilines is 2. The van der Waals surface area contributed by atoms with Crippen molar-refractivity contribution < 1.29 is 19.4 Å². The second kappa shape index (κ2) is 13.2. The molecule has 1 aliphatic heterocycles. The lowest BCUT2D eigenvalue weighted by Gasteiger charge is -2.38. The molecule has 4 rings (SSSR count). The molecule has 1 fully saturated rings. The normalized spacial score (nSPS) is 14.8. The van der Waals surface area contributed by atoms with Crippen LogP contribution in [0.3, 0.4) is 0 Å². The number of aliphatic hydroxyl groups is 1. The van der Waals surface area contributed by atoms with Crippen LogP contribution in [0.5, 0.6) is 5.75 Å². The number of likely N-dealkylation sites (tertiary alicyclic amines) is 1. The fourth-order valence-corrected chi connectivity index (χ4v) is 4.60. The van der Waals surface area contributed by atoms with Gasteiger partial charge in [-0.2, -0.15) is 0 Å². The summed E-state index contributed by atoms with van der Waals surface area (Å²) in [7, 11) is 1.63. The number of piperidine rings is 1. The van der Waals surface area contributed by atoms with Gasteiger partial charge in [-0.05, 0) is 30.5 Å². The van der Waals surface area contributed by atoms with Crippen LogP contribution < -0.4 is 20.7 Å². The average Bonchev–Trinajstić information content (AvgIpc) is 2.93. The zero-order chi connectivity index (χ0) is 27.7. The maximum absolute atomic E-state index is 12.9. The van der Waals surface area contributed by atoms with Crippen molar-refractivity contribution in [1.82, 2.24) is 20.2 Å². The highest BCUT2D eigenvalue weighted by atomic mass is 16.5. The highest BCUT2D eigenvalue weighted by molar-refractivity contribution is 5.92. The van der Waals surface area contributed by atoms with Crippen molar-refractivity contribution in [2.45, 2.75) is 31.8 Å². The van der Waals surface area contributed by atoms with Crippen LogP contribution in [-0.4, -0.2) is 77.2 Å². The molecule has 39 heavy (non-hydrogen) atoms. The molecule has 0 aliphatic carbocycles. The smallest absolute Gasteiger partial charge is 0.239 e. The van der Waals surface area contributed by atoms with E-state index in [2.05, 4.69) is 25.9 Å². The van der Waals surface area contributed by atoms with Crippen LogP contribution in [0.4, 0.5) is 11.6 Å². The molecule has 2 heterocycles. The van der Waals surface area contributed by atoms with Gasteiger partial charge in [0.15, 0.2) is 5.82 Å². The number of hydrogen-bond acceptors (Lipinski definition) is 8. The number of ether oxygens (including phenoxy) is 1. The molecule has 2 aromatic carbocycles. The molecular formula is C29H36N6O4. The van der Waals surface area contributed by atoms with E-state index < -0.39 is 5.60 Å². The molecule has 0 bridgehead atoms. The molecule has 4 N–H and O–H groups in total. The first-order chi connectivity index (χ1) is 18.8. The fourth-order valence-electron chi connectivity index (χ4n) is 4.60. The van der Waals surface area contributed by atoms with Crippen LogP contribution >= 0.6 is 0 Å². The van der Waals surface area contributed by atoms with E-state index in [-0.39, 0.29) is 18.4 Å². The van der Waals surface area contributed by atoms with Gasteiger partial charge in [0, 0.05) is 51.2 Å². The monoisotopic (exact) mass is 532 g/mol. The third kappa shape index (κ3) is 8.49. The van der Waals surface area contributed by atoms with Crippen LogP contribution in [0.1, 0.15) is 25.3 Å². The number of carbonyl (C=O) groups excluding carboxylic acids is 2. The van der Waals surface area contributed by atoms with E-state index in [1.54, 1.807) is 13.2 Å². The van der Waals surface area contributed by atoms with E-state index in [0.29, 0.717) is 62.9 Å². The third-order valence-electron chi connectivity index (χ3n) is 6.65. The van der Waals surface area contributed by atoms with Crippen LogP contribution in [0.25, 0.3) is 11.4 Å². The molecule has 10 heteroatoms. The van der Waals surface area contributed by atoms with Gasteiger partial charge < -0.3 is 25.8 Å². The SMILES string of the molecule is COc1cccc(CC2(O)CCN(CC(=O)Nc3cc(NCCNC(C)=O)nc(-c4ccccc4)n3)CC2)c1. The predicted octanol–water partition coefficient (Wildman–Crippen LogP) is 2.71. The maximum atomic E-state index is 12.9. The predicted molar refractivity (Wildman–Crippen MR) is 151 cm³/mol. The Morgan fingerprint density at radius 3 is 2.46 bits per heavy atom. The first-order valence-corrected chi connectivity index (χ1v) is 13.1. The fraction of sp³-hybridized carbons (Fsp3) is 0.379. The molecular weight excluding hydrogens is 496 g/mol. The Balaban J connectivity index is 1.35. The minimum absolute atomic E-state index is 0.103. The average molecular weight is 533 g/mol. The molecule has 1 aliphatic rings. The minimum atomic E-state index is -0.811. The first-order valence-electron chi connectivity index (χ1n) is 13.1. The van der Waals surface area contributed by atoms with Crippen molar-refractivity contribution in [1.29, 1.82) is 0 Å². The van der Waals surface area contributed by atoms with Gasteiger partial charge in [0.25, 0.3) is 0 Å². The summed E-state index contributed by atoms with van der Waals surface area (Å²) < 4.78 is 5.30. The summed E-state index contributed by atoms with van der Waals surface area (Å²) in [5.74, 6) is 1.91. The standard InChI is InChI=1S/C29H36N6O4/c1-21(36)30-13-14-31-25-18-26(34-28(33-25)23-8-4-3-5-9-23)32-27(37)20-35-15-11-29(38,12-16-35)19-22-7-6-10-24(17-22)39-2/h3-10,17-18,38H,11-16,19-20H2,1-2H3,(H,30,36)(H2,31,32,33,34,37). The zero-order valence-electron chi connectivity index (χ0n) is 22.4. The zero-order valence-corrected chi connectivity index (χ0v) is 22.4. The quantitative estimate of drug-likeness (QED) is 0.278. The number of hydrogen-bond donors (Lipinski definition) is 4. The number of aromatic nitrogens is 2. The highest BCUT2D eigenvalue weighted by Gasteiger charge is 2.33.